The highest BCUT2D eigenvalue weighted by molar-refractivity contribution is 5.71. The molecular formula is C11H11F4N5O. The molecule has 0 atom stereocenters. The summed E-state index contributed by atoms with van der Waals surface area (Å²) >= 11 is 0. The summed E-state index contributed by atoms with van der Waals surface area (Å²) in [6.07, 6.45) is -4.39. The smallest absolute Gasteiger partial charge is 0.398 e. The molecule has 0 spiro atoms. The van der Waals surface area contributed by atoms with Gasteiger partial charge in [0.1, 0.15) is 12.4 Å². The molecule has 0 aliphatic rings. The van der Waals surface area contributed by atoms with Gasteiger partial charge in [0.2, 0.25) is 0 Å². The predicted molar refractivity (Wildman–Crippen MR) is 64.5 cm³/mol. The third kappa shape index (κ3) is 4.12. The number of ether oxygens (including phenoxy) is 1. The first-order valence-corrected chi connectivity index (χ1v) is 5.83. The number of anilines is 1. The van der Waals surface area contributed by atoms with Crippen molar-refractivity contribution in [1.29, 1.82) is 0 Å². The van der Waals surface area contributed by atoms with E-state index in [1.807, 2.05) is 0 Å². The molecule has 2 aromatic rings. The number of rotatable bonds is 5. The Hall–Kier alpha value is -2.23. The average Bonchev–Trinajstić information content (AvgIpc) is 2.85. The van der Waals surface area contributed by atoms with Crippen LogP contribution in [0, 0.1) is 5.82 Å². The normalized spacial score (nSPS) is 11.8. The van der Waals surface area contributed by atoms with Crippen molar-refractivity contribution in [2.24, 2.45) is 0 Å². The SMILES string of the molecule is Nc1ccc(F)cc1-c1nnnn1CCOCC(F)(F)F. The van der Waals surface area contributed by atoms with Gasteiger partial charge in [-0.1, -0.05) is 0 Å². The van der Waals surface area contributed by atoms with E-state index < -0.39 is 18.6 Å². The van der Waals surface area contributed by atoms with Gasteiger partial charge in [-0.2, -0.15) is 13.2 Å². The highest BCUT2D eigenvalue weighted by Gasteiger charge is 2.27. The summed E-state index contributed by atoms with van der Waals surface area (Å²) in [6.45, 7) is -1.62. The first-order chi connectivity index (χ1) is 9.87. The van der Waals surface area contributed by atoms with Gasteiger partial charge in [-0.05, 0) is 28.6 Å². The van der Waals surface area contributed by atoms with Crippen molar-refractivity contribution in [3.8, 4) is 11.4 Å². The summed E-state index contributed by atoms with van der Waals surface area (Å²) in [5.74, 6) is -0.371. The minimum Gasteiger partial charge on any atom is -0.398 e. The summed E-state index contributed by atoms with van der Waals surface area (Å²) in [5, 5.41) is 10.7. The standard InChI is InChI=1S/C11H11F4N5O/c12-7-1-2-9(16)8(5-7)10-17-18-19-20(10)3-4-21-6-11(13,14)15/h1-2,5H,3-4,6,16H2. The van der Waals surface area contributed by atoms with Crippen LogP contribution in [0.5, 0.6) is 0 Å². The number of nitrogens with two attached hydrogens (primary N) is 1. The van der Waals surface area contributed by atoms with Crippen molar-refractivity contribution < 1.29 is 22.3 Å². The van der Waals surface area contributed by atoms with Crippen LogP contribution in [0.4, 0.5) is 23.2 Å². The van der Waals surface area contributed by atoms with Crippen LogP contribution in [0.15, 0.2) is 18.2 Å². The predicted octanol–water partition coefficient (Wildman–Crippen LogP) is 1.64. The van der Waals surface area contributed by atoms with E-state index in [0.717, 1.165) is 6.07 Å². The quantitative estimate of drug-likeness (QED) is 0.516. The lowest BCUT2D eigenvalue weighted by molar-refractivity contribution is -0.174. The second-order valence-corrected chi connectivity index (χ2v) is 4.12. The lowest BCUT2D eigenvalue weighted by Crippen LogP contribution is -2.19. The third-order valence-electron chi connectivity index (χ3n) is 2.50. The zero-order chi connectivity index (χ0) is 15.5. The Morgan fingerprint density at radius 2 is 2.05 bits per heavy atom. The van der Waals surface area contributed by atoms with Crippen LogP contribution in [-0.2, 0) is 11.3 Å². The van der Waals surface area contributed by atoms with Gasteiger partial charge in [-0.15, -0.1) is 5.10 Å². The zero-order valence-corrected chi connectivity index (χ0v) is 10.6. The first kappa shape index (κ1) is 15.2. The first-order valence-electron chi connectivity index (χ1n) is 5.83. The number of halogens is 4. The van der Waals surface area contributed by atoms with E-state index in [9.17, 15) is 17.6 Å². The van der Waals surface area contributed by atoms with Crippen LogP contribution in [0.25, 0.3) is 11.4 Å². The maximum atomic E-state index is 13.2. The van der Waals surface area contributed by atoms with E-state index in [-0.39, 0.29) is 30.2 Å². The minimum atomic E-state index is -4.39. The number of hydrogen-bond donors (Lipinski definition) is 1. The van der Waals surface area contributed by atoms with Gasteiger partial charge < -0.3 is 10.5 Å². The Morgan fingerprint density at radius 3 is 2.76 bits per heavy atom. The van der Waals surface area contributed by atoms with Gasteiger partial charge >= 0.3 is 6.18 Å². The monoisotopic (exact) mass is 305 g/mol. The van der Waals surface area contributed by atoms with Crippen molar-refractivity contribution in [3.05, 3.63) is 24.0 Å². The minimum absolute atomic E-state index is 0.0195. The summed E-state index contributed by atoms with van der Waals surface area (Å²) < 4.78 is 54.7. The number of aromatic nitrogens is 4. The Bertz CT molecular complexity index is 613. The highest BCUT2D eigenvalue weighted by atomic mass is 19.4. The van der Waals surface area contributed by atoms with Crippen molar-refractivity contribution in [2.75, 3.05) is 18.9 Å². The third-order valence-corrected chi connectivity index (χ3v) is 2.50. The van der Waals surface area contributed by atoms with Crippen LogP contribution < -0.4 is 5.73 Å². The number of benzene rings is 1. The number of alkyl halides is 3. The van der Waals surface area contributed by atoms with Crippen LogP contribution in [0.1, 0.15) is 0 Å². The molecule has 1 heterocycles. The van der Waals surface area contributed by atoms with Crippen molar-refractivity contribution in [1.82, 2.24) is 20.2 Å². The van der Waals surface area contributed by atoms with Crippen LogP contribution >= 0.6 is 0 Å². The van der Waals surface area contributed by atoms with Gasteiger partial charge in [0.05, 0.1) is 13.2 Å². The van der Waals surface area contributed by atoms with E-state index in [2.05, 4.69) is 20.3 Å². The molecule has 21 heavy (non-hydrogen) atoms. The molecule has 0 amide bonds. The molecule has 2 rings (SSSR count). The Kier molecular flexibility index (Phi) is 4.36. The second-order valence-electron chi connectivity index (χ2n) is 4.12. The second kappa shape index (κ2) is 6.04. The zero-order valence-electron chi connectivity index (χ0n) is 10.6. The van der Waals surface area contributed by atoms with E-state index in [1.54, 1.807) is 0 Å². The van der Waals surface area contributed by atoms with Crippen LogP contribution in [-0.4, -0.2) is 39.6 Å². The average molecular weight is 305 g/mol. The van der Waals surface area contributed by atoms with E-state index in [1.165, 1.54) is 16.8 Å². The summed E-state index contributed by atoms with van der Waals surface area (Å²) in [7, 11) is 0. The van der Waals surface area contributed by atoms with Gasteiger partial charge in [0.25, 0.3) is 0 Å². The maximum Gasteiger partial charge on any atom is 0.411 e. The molecule has 0 aliphatic heterocycles. The highest BCUT2D eigenvalue weighted by Crippen LogP contribution is 2.24. The molecular weight excluding hydrogens is 294 g/mol. The van der Waals surface area contributed by atoms with Gasteiger partial charge in [0.15, 0.2) is 5.82 Å². The molecule has 1 aromatic carbocycles. The lowest BCUT2D eigenvalue weighted by atomic mass is 10.1. The van der Waals surface area contributed by atoms with E-state index in [4.69, 9.17) is 5.73 Å². The lowest BCUT2D eigenvalue weighted by Gasteiger charge is -2.09. The summed E-state index contributed by atoms with van der Waals surface area (Å²) in [5.41, 5.74) is 6.22. The Labute approximate surface area is 116 Å². The Balaban J connectivity index is 2.07. The molecule has 0 aliphatic carbocycles. The molecule has 0 bridgehead atoms. The van der Waals surface area contributed by atoms with Gasteiger partial charge in [-0.25, -0.2) is 9.07 Å². The Morgan fingerprint density at radius 1 is 1.29 bits per heavy atom. The molecule has 0 unspecified atom stereocenters. The fourth-order valence-electron chi connectivity index (χ4n) is 1.61. The van der Waals surface area contributed by atoms with E-state index >= 15 is 0 Å². The molecule has 1 aromatic heterocycles. The van der Waals surface area contributed by atoms with Gasteiger partial charge in [-0.3, -0.25) is 0 Å². The fraction of sp³-hybridized carbons (Fsp3) is 0.364. The van der Waals surface area contributed by atoms with Crippen LogP contribution in [0.2, 0.25) is 0 Å². The summed E-state index contributed by atoms with van der Waals surface area (Å²) in [6, 6.07) is 3.68. The molecule has 0 fully saturated rings. The topological polar surface area (TPSA) is 78.9 Å². The van der Waals surface area contributed by atoms with Crippen molar-refractivity contribution in [3.63, 3.8) is 0 Å². The largest absolute Gasteiger partial charge is 0.411 e. The van der Waals surface area contributed by atoms with Gasteiger partial charge in [0, 0.05) is 11.3 Å². The molecule has 10 heteroatoms. The molecule has 0 saturated heterocycles. The van der Waals surface area contributed by atoms with Crippen molar-refractivity contribution >= 4 is 5.69 Å². The number of tetrazole rings is 1. The molecule has 2 N–H and O–H groups in total. The summed E-state index contributed by atoms with van der Waals surface area (Å²) in [4.78, 5) is 0. The molecule has 0 saturated carbocycles. The number of nitrogen functional groups attached to an aromatic ring is 1. The van der Waals surface area contributed by atoms with E-state index in [0.29, 0.717) is 0 Å². The fourth-order valence-corrected chi connectivity index (χ4v) is 1.61. The van der Waals surface area contributed by atoms with Crippen molar-refractivity contribution in [2.45, 2.75) is 12.7 Å². The van der Waals surface area contributed by atoms with Crippen LogP contribution in [0.3, 0.4) is 0 Å². The number of nitrogens with zero attached hydrogens (tertiary/aromatic N) is 4. The molecule has 0 radical (unpaired) electrons. The molecule has 6 nitrogen and oxygen atoms in total. The number of hydrogen-bond acceptors (Lipinski definition) is 5. The molecule has 114 valence electrons. The maximum absolute atomic E-state index is 13.2.